The van der Waals surface area contributed by atoms with Crippen LogP contribution in [0, 0.1) is 5.92 Å². The summed E-state index contributed by atoms with van der Waals surface area (Å²) in [7, 11) is 1.44. The average molecular weight is 263 g/mol. The molecule has 0 saturated heterocycles. The second-order valence-electron chi connectivity index (χ2n) is 4.83. The second kappa shape index (κ2) is 8.70. The Labute approximate surface area is 116 Å². The Kier molecular flexibility index (Phi) is 7.19. The molecule has 0 saturated carbocycles. The van der Waals surface area contributed by atoms with Gasteiger partial charge in [-0.1, -0.05) is 57.0 Å². The van der Waals surface area contributed by atoms with Gasteiger partial charge in [0.15, 0.2) is 0 Å². The number of rotatable bonds is 8. The van der Waals surface area contributed by atoms with Crippen LogP contribution in [0.5, 0.6) is 0 Å². The maximum absolute atomic E-state index is 11.9. The third kappa shape index (κ3) is 5.03. The van der Waals surface area contributed by atoms with E-state index in [0.29, 0.717) is 12.5 Å². The fourth-order valence-corrected chi connectivity index (χ4v) is 2.17. The lowest BCUT2D eigenvalue weighted by Gasteiger charge is -2.18. The third-order valence-electron chi connectivity index (χ3n) is 3.62. The van der Waals surface area contributed by atoms with Crippen molar-refractivity contribution in [3.8, 4) is 0 Å². The van der Waals surface area contributed by atoms with Gasteiger partial charge in [0.05, 0.1) is 13.0 Å². The summed E-state index contributed by atoms with van der Waals surface area (Å²) in [5.41, 5.74) is 1.01. The van der Waals surface area contributed by atoms with E-state index >= 15 is 0 Å². The first-order chi connectivity index (χ1) is 9.22. The molecule has 0 amide bonds. The highest BCUT2D eigenvalue weighted by Gasteiger charge is 2.20. The molecule has 106 valence electrons. The van der Waals surface area contributed by atoms with Gasteiger partial charge < -0.3 is 10.1 Å². The Balaban J connectivity index is 2.59. The van der Waals surface area contributed by atoms with Crippen molar-refractivity contribution in [2.24, 2.45) is 5.92 Å². The summed E-state index contributed by atoms with van der Waals surface area (Å²) in [5.74, 6) is 0.276. The minimum atomic E-state index is -0.222. The third-order valence-corrected chi connectivity index (χ3v) is 3.62. The molecule has 0 aliphatic rings. The van der Waals surface area contributed by atoms with Gasteiger partial charge in [0, 0.05) is 6.54 Å². The standard InChI is InChI=1S/C16H25NO2/c1-4-13(5-2)11-17-12-15(16(18)19-3)14-9-7-6-8-10-14/h6-10,13,15,17H,4-5,11-12H2,1-3H3. The van der Waals surface area contributed by atoms with Gasteiger partial charge in [0.25, 0.3) is 0 Å². The molecule has 0 spiro atoms. The van der Waals surface area contributed by atoms with Crippen molar-refractivity contribution in [2.75, 3.05) is 20.2 Å². The molecular weight excluding hydrogens is 238 g/mol. The van der Waals surface area contributed by atoms with Crippen molar-refractivity contribution in [1.29, 1.82) is 0 Å². The van der Waals surface area contributed by atoms with E-state index in [1.54, 1.807) is 0 Å². The number of carbonyl (C=O) groups excluding carboxylic acids is 1. The van der Waals surface area contributed by atoms with Crippen molar-refractivity contribution in [2.45, 2.75) is 32.6 Å². The van der Waals surface area contributed by atoms with Gasteiger partial charge in [0.2, 0.25) is 0 Å². The SMILES string of the molecule is CCC(CC)CNCC(C(=O)OC)c1ccccc1. The van der Waals surface area contributed by atoms with Crippen molar-refractivity contribution in [1.82, 2.24) is 5.32 Å². The molecular formula is C16H25NO2. The Hall–Kier alpha value is -1.35. The van der Waals surface area contributed by atoms with Crippen LogP contribution >= 0.6 is 0 Å². The molecule has 19 heavy (non-hydrogen) atoms. The van der Waals surface area contributed by atoms with Crippen LogP contribution in [0.3, 0.4) is 0 Å². The first-order valence-corrected chi connectivity index (χ1v) is 7.06. The predicted octanol–water partition coefficient (Wildman–Crippen LogP) is 2.97. The molecule has 3 heteroatoms. The van der Waals surface area contributed by atoms with Gasteiger partial charge in [-0.15, -0.1) is 0 Å². The van der Waals surface area contributed by atoms with Crippen molar-refractivity contribution in [3.63, 3.8) is 0 Å². The van der Waals surface area contributed by atoms with E-state index < -0.39 is 0 Å². The zero-order valence-corrected chi connectivity index (χ0v) is 12.2. The second-order valence-corrected chi connectivity index (χ2v) is 4.83. The van der Waals surface area contributed by atoms with Crippen LogP contribution in [0.2, 0.25) is 0 Å². The van der Waals surface area contributed by atoms with E-state index in [0.717, 1.165) is 24.9 Å². The van der Waals surface area contributed by atoms with Crippen LogP contribution in [0.4, 0.5) is 0 Å². The molecule has 1 rings (SSSR count). The van der Waals surface area contributed by atoms with Crippen LogP contribution in [-0.2, 0) is 9.53 Å². The van der Waals surface area contributed by atoms with Crippen molar-refractivity contribution < 1.29 is 9.53 Å². The number of hydrogen-bond acceptors (Lipinski definition) is 3. The van der Waals surface area contributed by atoms with Crippen LogP contribution in [0.1, 0.15) is 38.2 Å². The molecule has 0 aromatic heterocycles. The van der Waals surface area contributed by atoms with Gasteiger partial charge >= 0.3 is 5.97 Å². The molecule has 0 radical (unpaired) electrons. The molecule has 0 fully saturated rings. The summed E-state index contributed by atoms with van der Waals surface area (Å²) in [6.07, 6.45) is 2.33. The zero-order valence-electron chi connectivity index (χ0n) is 12.2. The number of methoxy groups -OCH3 is 1. The average Bonchev–Trinajstić information content (AvgIpc) is 2.48. The fraction of sp³-hybridized carbons (Fsp3) is 0.562. The Morgan fingerprint density at radius 1 is 1.16 bits per heavy atom. The largest absolute Gasteiger partial charge is 0.469 e. The van der Waals surface area contributed by atoms with Crippen LogP contribution < -0.4 is 5.32 Å². The van der Waals surface area contributed by atoms with Gasteiger partial charge in [0.1, 0.15) is 0 Å². The van der Waals surface area contributed by atoms with Crippen LogP contribution in [-0.4, -0.2) is 26.2 Å². The molecule has 0 bridgehead atoms. The number of benzene rings is 1. The van der Waals surface area contributed by atoms with E-state index in [-0.39, 0.29) is 11.9 Å². The van der Waals surface area contributed by atoms with Gasteiger partial charge in [-0.3, -0.25) is 4.79 Å². The molecule has 1 N–H and O–H groups in total. The van der Waals surface area contributed by atoms with E-state index in [4.69, 9.17) is 4.74 Å². The van der Waals surface area contributed by atoms with Crippen molar-refractivity contribution >= 4 is 5.97 Å². The first-order valence-electron chi connectivity index (χ1n) is 7.06. The lowest BCUT2D eigenvalue weighted by Crippen LogP contribution is -2.31. The highest BCUT2D eigenvalue weighted by Crippen LogP contribution is 2.16. The fourth-order valence-electron chi connectivity index (χ4n) is 2.17. The molecule has 0 heterocycles. The van der Waals surface area contributed by atoms with Crippen LogP contribution in [0.25, 0.3) is 0 Å². The molecule has 1 unspecified atom stereocenters. The van der Waals surface area contributed by atoms with E-state index in [1.165, 1.54) is 7.11 Å². The smallest absolute Gasteiger partial charge is 0.314 e. The predicted molar refractivity (Wildman–Crippen MR) is 78.1 cm³/mol. The highest BCUT2D eigenvalue weighted by atomic mass is 16.5. The monoisotopic (exact) mass is 263 g/mol. The highest BCUT2D eigenvalue weighted by molar-refractivity contribution is 5.78. The molecule has 0 aliphatic carbocycles. The summed E-state index contributed by atoms with van der Waals surface area (Å²) in [4.78, 5) is 11.9. The zero-order chi connectivity index (χ0) is 14.1. The topological polar surface area (TPSA) is 38.3 Å². The minimum absolute atomic E-state index is 0.178. The minimum Gasteiger partial charge on any atom is -0.469 e. The van der Waals surface area contributed by atoms with Gasteiger partial charge in [-0.2, -0.15) is 0 Å². The number of nitrogens with one attached hydrogen (secondary N) is 1. The molecule has 3 nitrogen and oxygen atoms in total. The molecule has 1 aromatic rings. The molecule has 1 aromatic carbocycles. The normalized spacial score (nSPS) is 12.4. The Morgan fingerprint density at radius 2 is 1.79 bits per heavy atom. The quantitative estimate of drug-likeness (QED) is 0.733. The van der Waals surface area contributed by atoms with Gasteiger partial charge in [-0.05, 0) is 18.0 Å². The number of hydrogen-bond donors (Lipinski definition) is 1. The summed E-state index contributed by atoms with van der Waals surface area (Å²) >= 11 is 0. The van der Waals surface area contributed by atoms with E-state index in [1.807, 2.05) is 30.3 Å². The summed E-state index contributed by atoms with van der Waals surface area (Å²) in [5, 5.41) is 3.40. The first kappa shape index (κ1) is 15.7. The lowest BCUT2D eigenvalue weighted by atomic mass is 9.98. The number of ether oxygens (including phenoxy) is 1. The maximum atomic E-state index is 11.9. The Bertz CT molecular complexity index is 360. The number of carbonyl (C=O) groups is 1. The van der Waals surface area contributed by atoms with Crippen LogP contribution in [0.15, 0.2) is 30.3 Å². The van der Waals surface area contributed by atoms with E-state index in [2.05, 4.69) is 19.2 Å². The van der Waals surface area contributed by atoms with Gasteiger partial charge in [-0.25, -0.2) is 0 Å². The summed E-state index contributed by atoms with van der Waals surface area (Å²) < 4.78 is 4.90. The Morgan fingerprint density at radius 3 is 2.32 bits per heavy atom. The molecule has 1 atom stereocenters. The number of esters is 1. The van der Waals surface area contributed by atoms with E-state index in [9.17, 15) is 4.79 Å². The summed E-state index contributed by atoms with van der Waals surface area (Å²) in [6.45, 7) is 5.98. The van der Waals surface area contributed by atoms with Crippen molar-refractivity contribution in [3.05, 3.63) is 35.9 Å². The summed E-state index contributed by atoms with van der Waals surface area (Å²) in [6, 6.07) is 9.80. The lowest BCUT2D eigenvalue weighted by molar-refractivity contribution is -0.142. The maximum Gasteiger partial charge on any atom is 0.314 e. The molecule has 0 aliphatic heterocycles.